The number of nitrogens with zero attached hydrogens (tertiary/aromatic N) is 4. The molecule has 0 radical (unpaired) electrons. The Morgan fingerprint density at radius 2 is 2.11 bits per heavy atom. The molecule has 7 nitrogen and oxygen atoms in total. The largest absolute Gasteiger partial charge is 0.435 e. The first-order valence-corrected chi connectivity index (χ1v) is 5.74. The highest BCUT2D eigenvalue weighted by Gasteiger charge is 2.13. The maximum atomic E-state index is 10.6. The normalized spacial score (nSPS) is 9.68. The number of nitriles is 1. The Morgan fingerprint density at radius 1 is 1.37 bits per heavy atom. The van der Waals surface area contributed by atoms with Crippen LogP contribution < -0.4 is 4.74 Å². The van der Waals surface area contributed by atoms with Gasteiger partial charge in [0.25, 0.3) is 11.6 Å². The van der Waals surface area contributed by atoms with E-state index in [0.717, 1.165) is 0 Å². The zero-order valence-electron chi connectivity index (χ0n) is 9.28. The molecular formula is C11H5BrN4O3. The second kappa shape index (κ2) is 5.41. The van der Waals surface area contributed by atoms with Crippen LogP contribution in [0.25, 0.3) is 0 Å². The van der Waals surface area contributed by atoms with E-state index >= 15 is 0 Å². The molecule has 94 valence electrons. The van der Waals surface area contributed by atoms with Crippen molar-refractivity contribution < 1.29 is 9.66 Å². The predicted molar refractivity (Wildman–Crippen MR) is 67.6 cm³/mol. The molecule has 2 aromatic rings. The number of halogens is 1. The van der Waals surface area contributed by atoms with Crippen LogP contribution in [0.1, 0.15) is 5.69 Å². The lowest BCUT2D eigenvalue weighted by Crippen LogP contribution is -1.95. The fourth-order valence-corrected chi connectivity index (χ4v) is 1.71. The third-order valence-electron chi connectivity index (χ3n) is 2.10. The van der Waals surface area contributed by atoms with Gasteiger partial charge in [-0.15, -0.1) is 0 Å². The number of hydrogen-bond acceptors (Lipinski definition) is 6. The van der Waals surface area contributed by atoms with Crippen LogP contribution in [0.3, 0.4) is 0 Å². The topological polar surface area (TPSA) is 102 Å². The molecule has 2 rings (SSSR count). The highest BCUT2D eigenvalue weighted by molar-refractivity contribution is 9.10. The summed E-state index contributed by atoms with van der Waals surface area (Å²) in [5, 5.41) is 19.5. The van der Waals surface area contributed by atoms with Crippen LogP contribution in [0, 0.1) is 21.4 Å². The minimum atomic E-state index is -0.516. The third kappa shape index (κ3) is 2.83. The van der Waals surface area contributed by atoms with Crippen molar-refractivity contribution in [3.8, 4) is 17.7 Å². The molecule has 1 aromatic carbocycles. The summed E-state index contributed by atoms with van der Waals surface area (Å²) in [5.74, 6) is 0.349. The number of nitro benzene ring substituents is 1. The van der Waals surface area contributed by atoms with E-state index in [1.54, 1.807) is 0 Å². The third-order valence-corrected chi connectivity index (χ3v) is 2.72. The van der Waals surface area contributed by atoms with Crippen molar-refractivity contribution in [3.63, 3.8) is 0 Å². The summed E-state index contributed by atoms with van der Waals surface area (Å²) in [6.45, 7) is 0. The average molecular weight is 321 g/mol. The number of non-ortho nitro benzene ring substituents is 1. The van der Waals surface area contributed by atoms with E-state index in [9.17, 15) is 10.1 Å². The number of benzene rings is 1. The lowest BCUT2D eigenvalue weighted by atomic mass is 10.3. The number of nitro groups is 1. The van der Waals surface area contributed by atoms with Crippen LogP contribution in [-0.2, 0) is 0 Å². The smallest absolute Gasteiger partial charge is 0.270 e. The van der Waals surface area contributed by atoms with Crippen LogP contribution in [0.15, 0.2) is 35.1 Å². The van der Waals surface area contributed by atoms with Gasteiger partial charge in [0.15, 0.2) is 0 Å². The van der Waals surface area contributed by atoms with Crippen molar-refractivity contribution >= 4 is 21.6 Å². The monoisotopic (exact) mass is 320 g/mol. The van der Waals surface area contributed by atoms with Crippen molar-refractivity contribution in [2.45, 2.75) is 0 Å². The van der Waals surface area contributed by atoms with Crippen molar-refractivity contribution in [2.75, 3.05) is 0 Å². The summed E-state index contributed by atoms with van der Waals surface area (Å²) in [5.41, 5.74) is -0.0355. The van der Waals surface area contributed by atoms with Crippen LogP contribution >= 0.6 is 15.9 Å². The second-order valence-corrected chi connectivity index (χ2v) is 4.15. The van der Waals surface area contributed by atoms with Crippen LogP contribution in [0.2, 0.25) is 0 Å². The zero-order valence-corrected chi connectivity index (χ0v) is 10.9. The maximum absolute atomic E-state index is 10.6. The molecule has 0 amide bonds. The Morgan fingerprint density at radius 3 is 2.74 bits per heavy atom. The van der Waals surface area contributed by atoms with E-state index in [4.69, 9.17) is 10.00 Å². The van der Waals surface area contributed by atoms with Gasteiger partial charge in [-0.2, -0.15) is 5.26 Å². The average Bonchev–Trinajstić information content (AvgIpc) is 2.41. The molecule has 0 bridgehead atoms. The molecule has 0 unspecified atom stereocenters. The number of ether oxygens (including phenoxy) is 1. The minimum absolute atomic E-state index is 0.0350. The van der Waals surface area contributed by atoms with E-state index < -0.39 is 4.92 Å². The molecule has 0 fully saturated rings. The van der Waals surface area contributed by atoms with Gasteiger partial charge in [-0.05, 0) is 22.0 Å². The highest BCUT2D eigenvalue weighted by Crippen LogP contribution is 2.32. The molecule has 19 heavy (non-hydrogen) atoms. The summed E-state index contributed by atoms with van der Waals surface area (Å²) >= 11 is 3.16. The lowest BCUT2D eigenvalue weighted by Gasteiger charge is -2.06. The van der Waals surface area contributed by atoms with Gasteiger partial charge >= 0.3 is 0 Å². The Kier molecular flexibility index (Phi) is 3.68. The first-order chi connectivity index (χ1) is 9.11. The highest BCUT2D eigenvalue weighted by atomic mass is 79.9. The van der Waals surface area contributed by atoms with Crippen molar-refractivity contribution in [1.29, 1.82) is 5.26 Å². The SMILES string of the molecule is N#Cc1nccnc1Oc1ccc([N+](=O)[O-])cc1Br. The van der Waals surface area contributed by atoms with Gasteiger partial charge in [-0.1, -0.05) is 0 Å². The van der Waals surface area contributed by atoms with Gasteiger partial charge < -0.3 is 4.74 Å². The molecular weight excluding hydrogens is 316 g/mol. The molecule has 1 aromatic heterocycles. The minimum Gasteiger partial charge on any atom is -0.435 e. The molecule has 0 N–H and O–H groups in total. The van der Waals surface area contributed by atoms with Crippen LogP contribution in [-0.4, -0.2) is 14.9 Å². The zero-order chi connectivity index (χ0) is 13.8. The number of hydrogen-bond donors (Lipinski definition) is 0. The van der Waals surface area contributed by atoms with Gasteiger partial charge in [-0.3, -0.25) is 10.1 Å². The molecule has 1 heterocycles. The molecule has 0 aliphatic rings. The van der Waals surface area contributed by atoms with Gasteiger partial charge in [-0.25, -0.2) is 9.97 Å². The summed E-state index contributed by atoms with van der Waals surface area (Å²) in [4.78, 5) is 17.8. The van der Waals surface area contributed by atoms with E-state index in [-0.39, 0.29) is 17.3 Å². The van der Waals surface area contributed by atoms with E-state index in [1.165, 1.54) is 30.6 Å². The maximum Gasteiger partial charge on any atom is 0.270 e. The van der Waals surface area contributed by atoms with Crippen molar-refractivity contribution in [3.05, 3.63) is 50.9 Å². The lowest BCUT2D eigenvalue weighted by molar-refractivity contribution is -0.384. The first kappa shape index (κ1) is 12.9. The van der Waals surface area contributed by atoms with Crippen LogP contribution in [0.4, 0.5) is 5.69 Å². The van der Waals surface area contributed by atoms with Crippen LogP contribution in [0.5, 0.6) is 11.6 Å². The van der Waals surface area contributed by atoms with E-state index in [2.05, 4.69) is 25.9 Å². The van der Waals surface area contributed by atoms with Crippen molar-refractivity contribution in [1.82, 2.24) is 9.97 Å². The molecule has 8 heteroatoms. The molecule has 0 spiro atoms. The van der Waals surface area contributed by atoms with Gasteiger partial charge in [0.2, 0.25) is 5.69 Å². The summed E-state index contributed by atoms with van der Waals surface area (Å²) < 4.78 is 5.79. The Labute approximate surface area is 115 Å². The summed E-state index contributed by atoms with van der Waals surface area (Å²) in [7, 11) is 0. The Hall–Kier alpha value is -2.53. The molecule has 0 aliphatic carbocycles. The number of rotatable bonds is 3. The molecule has 0 saturated carbocycles. The van der Waals surface area contributed by atoms with E-state index in [1.807, 2.05) is 6.07 Å². The quantitative estimate of drug-likeness (QED) is 0.636. The first-order valence-electron chi connectivity index (χ1n) is 4.94. The molecule has 0 atom stereocenters. The van der Waals surface area contributed by atoms with E-state index in [0.29, 0.717) is 10.2 Å². The fraction of sp³-hybridized carbons (Fsp3) is 0. The number of aromatic nitrogens is 2. The summed E-state index contributed by atoms with van der Waals surface area (Å²) in [6, 6.07) is 5.85. The standard InChI is InChI=1S/C11H5BrN4O3/c12-8-5-7(16(17)18)1-2-10(8)19-11-9(6-13)14-3-4-15-11/h1-5H. The molecule has 0 saturated heterocycles. The Bertz CT molecular complexity index is 684. The van der Waals surface area contributed by atoms with Gasteiger partial charge in [0.1, 0.15) is 11.8 Å². The predicted octanol–water partition coefficient (Wildman–Crippen LogP) is 2.81. The molecule has 0 aliphatic heterocycles. The summed E-state index contributed by atoms with van der Waals surface area (Å²) in [6.07, 6.45) is 2.76. The Balaban J connectivity index is 2.34. The van der Waals surface area contributed by atoms with Gasteiger partial charge in [0, 0.05) is 24.5 Å². The second-order valence-electron chi connectivity index (χ2n) is 3.30. The fourth-order valence-electron chi connectivity index (χ4n) is 1.27. The van der Waals surface area contributed by atoms with Gasteiger partial charge in [0.05, 0.1) is 9.40 Å². The van der Waals surface area contributed by atoms with Crippen molar-refractivity contribution in [2.24, 2.45) is 0 Å².